The van der Waals surface area contributed by atoms with E-state index in [1.54, 1.807) is 44.4 Å². The Kier molecular flexibility index (Phi) is 7.89. The van der Waals surface area contributed by atoms with Crippen LogP contribution in [-0.2, 0) is 4.79 Å². The maximum Gasteiger partial charge on any atom is 0.267 e. The Morgan fingerprint density at radius 3 is 2.66 bits per heavy atom. The number of amides is 1. The minimum Gasteiger partial charge on any atom is -0.497 e. The minimum absolute atomic E-state index is 0.0714. The van der Waals surface area contributed by atoms with Gasteiger partial charge in [0.1, 0.15) is 47.9 Å². The number of aryl methyl sites for hydroxylation is 1. The number of hydrogen-bond acceptors (Lipinski definition) is 7. The maximum absolute atomic E-state index is 12.3. The summed E-state index contributed by atoms with van der Waals surface area (Å²) in [6.45, 7) is 2.38. The summed E-state index contributed by atoms with van der Waals surface area (Å²) in [5, 5.41) is 15.6. The highest BCUT2D eigenvalue weighted by Gasteiger charge is 2.12. The van der Waals surface area contributed by atoms with Crippen LogP contribution < -0.4 is 19.5 Å². The van der Waals surface area contributed by atoms with Crippen LogP contribution in [0.2, 0.25) is 0 Å². The SMILES string of the molecule is COc1cccc(OCCOc2ccc(C=C(C#N)C(=O)Nc3cc(C)on3)cc2Br)c1. The van der Waals surface area contributed by atoms with E-state index in [4.69, 9.17) is 18.7 Å². The van der Waals surface area contributed by atoms with E-state index in [1.165, 1.54) is 6.08 Å². The first-order chi connectivity index (χ1) is 15.5. The topological polar surface area (TPSA) is 107 Å². The van der Waals surface area contributed by atoms with Gasteiger partial charge in [0.2, 0.25) is 0 Å². The van der Waals surface area contributed by atoms with Crippen molar-refractivity contribution in [2.75, 3.05) is 25.6 Å². The molecule has 0 saturated carbocycles. The van der Waals surface area contributed by atoms with Crippen LogP contribution in [0.5, 0.6) is 17.2 Å². The Hall–Kier alpha value is -3.77. The molecule has 0 unspecified atom stereocenters. The maximum atomic E-state index is 12.3. The average Bonchev–Trinajstić information content (AvgIpc) is 3.20. The lowest BCUT2D eigenvalue weighted by atomic mass is 10.1. The fourth-order valence-electron chi connectivity index (χ4n) is 2.65. The summed E-state index contributed by atoms with van der Waals surface area (Å²) in [7, 11) is 1.60. The van der Waals surface area contributed by atoms with Crippen molar-refractivity contribution >= 4 is 33.7 Å². The smallest absolute Gasteiger partial charge is 0.267 e. The second kappa shape index (κ2) is 11.0. The monoisotopic (exact) mass is 497 g/mol. The number of halogens is 1. The van der Waals surface area contributed by atoms with E-state index in [9.17, 15) is 10.1 Å². The molecule has 3 rings (SSSR count). The Bertz CT molecular complexity index is 1170. The fourth-order valence-corrected chi connectivity index (χ4v) is 3.16. The number of nitrogens with one attached hydrogen (secondary N) is 1. The summed E-state index contributed by atoms with van der Waals surface area (Å²) in [4.78, 5) is 12.3. The molecule has 1 amide bonds. The molecule has 0 aliphatic rings. The summed E-state index contributed by atoms with van der Waals surface area (Å²) in [5.74, 6) is 2.24. The first kappa shape index (κ1) is 22.9. The molecule has 0 bridgehead atoms. The molecule has 3 aromatic rings. The molecule has 1 aromatic heterocycles. The number of hydrogen-bond donors (Lipinski definition) is 1. The second-order valence-electron chi connectivity index (χ2n) is 6.51. The number of anilines is 1. The van der Waals surface area contributed by atoms with Crippen molar-refractivity contribution < 1.29 is 23.5 Å². The van der Waals surface area contributed by atoms with Crippen molar-refractivity contribution in [2.24, 2.45) is 0 Å². The highest BCUT2D eigenvalue weighted by Crippen LogP contribution is 2.27. The van der Waals surface area contributed by atoms with E-state index < -0.39 is 5.91 Å². The normalized spacial score (nSPS) is 10.9. The van der Waals surface area contributed by atoms with E-state index in [2.05, 4.69) is 26.4 Å². The van der Waals surface area contributed by atoms with Crippen LogP contribution in [0.25, 0.3) is 6.08 Å². The van der Waals surface area contributed by atoms with Gasteiger partial charge in [-0.2, -0.15) is 5.26 Å². The second-order valence-corrected chi connectivity index (χ2v) is 7.37. The van der Waals surface area contributed by atoms with Crippen molar-refractivity contribution in [3.8, 4) is 23.3 Å². The molecule has 0 fully saturated rings. The molecular formula is C23H20BrN3O5. The number of nitriles is 1. The van der Waals surface area contributed by atoms with Gasteiger partial charge in [-0.25, -0.2) is 0 Å². The fraction of sp³-hybridized carbons (Fsp3) is 0.174. The van der Waals surface area contributed by atoms with E-state index in [-0.39, 0.29) is 11.4 Å². The largest absolute Gasteiger partial charge is 0.497 e. The van der Waals surface area contributed by atoms with Crippen molar-refractivity contribution in [3.63, 3.8) is 0 Å². The Morgan fingerprint density at radius 2 is 1.97 bits per heavy atom. The summed E-state index contributed by atoms with van der Waals surface area (Å²) < 4.78 is 22.1. The summed E-state index contributed by atoms with van der Waals surface area (Å²) in [6, 6.07) is 16.0. The summed E-state index contributed by atoms with van der Waals surface area (Å²) in [6.07, 6.45) is 1.47. The molecule has 0 spiro atoms. The summed E-state index contributed by atoms with van der Waals surface area (Å²) >= 11 is 3.45. The zero-order valence-corrected chi connectivity index (χ0v) is 19.0. The minimum atomic E-state index is -0.577. The molecular weight excluding hydrogens is 478 g/mol. The zero-order chi connectivity index (χ0) is 22.9. The number of aromatic nitrogens is 1. The highest BCUT2D eigenvalue weighted by atomic mass is 79.9. The van der Waals surface area contributed by atoms with Gasteiger partial charge in [0.05, 0.1) is 11.6 Å². The molecule has 0 aliphatic heterocycles. The van der Waals surface area contributed by atoms with E-state index in [1.807, 2.05) is 24.3 Å². The third-order valence-corrected chi connectivity index (χ3v) is 4.77. The molecule has 0 radical (unpaired) electrons. The molecule has 0 atom stereocenters. The number of benzene rings is 2. The van der Waals surface area contributed by atoms with Crippen molar-refractivity contribution in [1.82, 2.24) is 5.16 Å². The van der Waals surface area contributed by atoms with Crippen LogP contribution in [0.15, 0.2) is 63.1 Å². The van der Waals surface area contributed by atoms with Gasteiger partial charge in [-0.15, -0.1) is 0 Å². The zero-order valence-electron chi connectivity index (χ0n) is 17.4. The Balaban J connectivity index is 1.57. The Labute approximate surface area is 193 Å². The van der Waals surface area contributed by atoms with Gasteiger partial charge in [-0.3, -0.25) is 4.79 Å². The number of carbonyl (C=O) groups is 1. The number of methoxy groups -OCH3 is 1. The van der Waals surface area contributed by atoms with Gasteiger partial charge < -0.3 is 24.1 Å². The van der Waals surface area contributed by atoms with Gasteiger partial charge in [0.25, 0.3) is 5.91 Å². The third-order valence-electron chi connectivity index (χ3n) is 4.15. The van der Waals surface area contributed by atoms with Crippen molar-refractivity contribution in [1.29, 1.82) is 5.26 Å². The number of ether oxygens (including phenoxy) is 3. The molecule has 0 aliphatic carbocycles. The van der Waals surface area contributed by atoms with Crippen LogP contribution in [0.3, 0.4) is 0 Å². The van der Waals surface area contributed by atoms with Crippen LogP contribution in [0.1, 0.15) is 11.3 Å². The lowest BCUT2D eigenvalue weighted by Crippen LogP contribution is -2.13. The van der Waals surface area contributed by atoms with Gasteiger partial charge in [-0.05, 0) is 58.8 Å². The molecule has 8 nitrogen and oxygen atoms in total. The predicted octanol–water partition coefficient (Wildman–Crippen LogP) is 4.76. The molecule has 2 aromatic carbocycles. The molecule has 9 heteroatoms. The van der Waals surface area contributed by atoms with Gasteiger partial charge in [-0.1, -0.05) is 17.3 Å². The first-order valence-electron chi connectivity index (χ1n) is 9.54. The highest BCUT2D eigenvalue weighted by molar-refractivity contribution is 9.10. The predicted molar refractivity (Wildman–Crippen MR) is 122 cm³/mol. The lowest BCUT2D eigenvalue weighted by molar-refractivity contribution is -0.112. The van der Waals surface area contributed by atoms with Crippen LogP contribution in [-0.4, -0.2) is 31.4 Å². The van der Waals surface area contributed by atoms with E-state index in [0.717, 1.165) is 5.75 Å². The third kappa shape index (κ3) is 6.36. The molecule has 1 N–H and O–H groups in total. The quantitative estimate of drug-likeness (QED) is 0.258. The average molecular weight is 498 g/mol. The van der Waals surface area contributed by atoms with Crippen molar-refractivity contribution in [2.45, 2.75) is 6.92 Å². The van der Waals surface area contributed by atoms with Crippen LogP contribution in [0.4, 0.5) is 5.82 Å². The Morgan fingerprint density at radius 1 is 1.19 bits per heavy atom. The lowest BCUT2D eigenvalue weighted by Gasteiger charge is -2.11. The molecule has 1 heterocycles. The number of rotatable bonds is 9. The van der Waals surface area contributed by atoms with Gasteiger partial charge >= 0.3 is 0 Å². The van der Waals surface area contributed by atoms with Crippen LogP contribution in [0, 0.1) is 18.3 Å². The van der Waals surface area contributed by atoms with Gasteiger partial charge in [0, 0.05) is 12.1 Å². The molecule has 0 saturated heterocycles. The van der Waals surface area contributed by atoms with E-state index >= 15 is 0 Å². The standard InChI is InChI=1S/C23H20BrN3O5/c1-15-10-22(27-32-15)26-23(28)17(14-25)11-16-6-7-21(20(24)12-16)31-9-8-30-19-5-3-4-18(13-19)29-2/h3-7,10-13H,8-9H2,1-2H3,(H,26,27,28). The number of nitrogens with zero attached hydrogens (tertiary/aromatic N) is 2. The van der Waals surface area contributed by atoms with Crippen LogP contribution >= 0.6 is 15.9 Å². The number of carbonyl (C=O) groups excluding carboxylic acids is 1. The summed E-state index contributed by atoms with van der Waals surface area (Å²) in [5.41, 5.74) is 0.581. The van der Waals surface area contributed by atoms with Crippen molar-refractivity contribution in [3.05, 3.63) is 69.9 Å². The first-order valence-corrected chi connectivity index (χ1v) is 10.3. The van der Waals surface area contributed by atoms with E-state index in [0.29, 0.717) is 40.5 Å². The molecule has 32 heavy (non-hydrogen) atoms. The van der Waals surface area contributed by atoms with Gasteiger partial charge in [0.15, 0.2) is 5.82 Å². The molecule has 164 valence electrons.